The lowest BCUT2D eigenvalue weighted by molar-refractivity contribution is 0.388. The number of hydrogen-bond donors (Lipinski definition) is 2. The molecule has 2 rings (SSSR count). The average molecular weight is 327 g/mol. The smallest absolute Gasteiger partial charge is 0.223 e. The van der Waals surface area contributed by atoms with E-state index in [4.69, 9.17) is 22.5 Å². The second-order valence-corrected chi connectivity index (χ2v) is 4.99. The van der Waals surface area contributed by atoms with Gasteiger partial charge in [-0.1, -0.05) is 33.3 Å². The van der Waals surface area contributed by atoms with Crippen molar-refractivity contribution in [3.63, 3.8) is 0 Å². The fourth-order valence-electron chi connectivity index (χ4n) is 1.46. The van der Waals surface area contributed by atoms with Crippen LogP contribution in [0.4, 0.5) is 5.69 Å². The molecule has 94 valence electrons. The van der Waals surface area contributed by atoms with Crippen molar-refractivity contribution in [2.75, 3.05) is 5.32 Å². The van der Waals surface area contributed by atoms with E-state index >= 15 is 0 Å². The molecule has 1 aromatic heterocycles. The Morgan fingerprint density at radius 1 is 1.56 bits per heavy atom. The SMILES string of the molecule is Cc1nc(CNc2cc(Br)ccc2C(N)=S)no1. The number of anilines is 1. The van der Waals surface area contributed by atoms with Crippen molar-refractivity contribution < 1.29 is 4.52 Å². The summed E-state index contributed by atoms with van der Waals surface area (Å²) < 4.78 is 5.83. The predicted octanol–water partition coefficient (Wildman–Crippen LogP) is 2.39. The van der Waals surface area contributed by atoms with E-state index in [1.165, 1.54) is 0 Å². The fourth-order valence-corrected chi connectivity index (χ4v) is 2.00. The van der Waals surface area contributed by atoms with Gasteiger partial charge in [0.2, 0.25) is 5.89 Å². The van der Waals surface area contributed by atoms with Crippen LogP contribution in [-0.2, 0) is 6.54 Å². The lowest BCUT2D eigenvalue weighted by atomic mass is 10.2. The van der Waals surface area contributed by atoms with Crippen molar-refractivity contribution in [3.8, 4) is 0 Å². The second kappa shape index (κ2) is 5.45. The first-order valence-corrected chi connectivity index (χ1v) is 6.39. The molecule has 0 bridgehead atoms. The van der Waals surface area contributed by atoms with Gasteiger partial charge in [-0.05, 0) is 18.2 Å². The van der Waals surface area contributed by atoms with Gasteiger partial charge in [-0.25, -0.2) is 0 Å². The van der Waals surface area contributed by atoms with E-state index in [0.717, 1.165) is 15.7 Å². The third-order valence-electron chi connectivity index (χ3n) is 2.25. The maximum Gasteiger partial charge on any atom is 0.223 e. The van der Waals surface area contributed by atoms with Gasteiger partial charge in [0.05, 0.1) is 6.54 Å². The third-order valence-corrected chi connectivity index (χ3v) is 2.97. The maximum absolute atomic E-state index is 5.66. The van der Waals surface area contributed by atoms with Gasteiger partial charge >= 0.3 is 0 Å². The summed E-state index contributed by atoms with van der Waals surface area (Å²) in [7, 11) is 0. The third kappa shape index (κ3) is 3.05. The molecule has 0 aliphatic rings. The Morgan fingerprint density at radius 3 is 2.94 bits per heavy atom. The van der Waals surface area contributed by atoms with Gasteiger partial charge < -0.3 is 15.6 Å². The van der Waals surface area contributed by atoms with Crippen LogP contribution in [0.5, 0.6) is 0 Å². The molecule has 0 saturated heterocycles. The Balaban J connectivity index is 2.17. The number of hydrogen-bond acceptors (Lipinski definition) is 5. The summed E-state index contributed by atoms with van der Waals surface area (Å²) in [6, 6.07) is 5.65. The monoisotopic (exact) mass is 326 g/mol. The first kappa shape index (κ1) is 13.0. The lowest BCUT2D eigenvalue weighted by Crippen LogP contribution is -2.13. The molecule has 0 fully saturated rings. The minimum atomic E-state index is 0.342. The number of rotatable bonds is 4. The number of nitrogens with zero attached hydrogens (tertiary/aromatic N) is 2. The van der Waals surface area contributed by atoms with Crippen molar-refractivity contribution in [1.29, 1.82) is 0 Å². The average Bonchev–Trinajstić information content (AvgIpc) is 2.72. The van der Waals surface area contributed by atoms with Crippen LogP contribution < -0.4 is 11.1 Å². The first-order valence-electron chi connectivity index (χ1n) is 5.18. The standard InChI is InChI=1S/C11H11BrN4OS/c1-6-15-10(16-17-6)5-14-9-4-7(12)2-3-8(9)11(13)18/h2-4,14H,5H2,1H3,(H2,13,18). The number of nitrogens with one attached hydrogen (secondary N) is 1. The molecule has 0 spiro atoms. The Morgan fingerprint density at radius 2 is 2.33 bits per heavy atom. The molecule has 0 aliphatic heterocycles. The number of halogens is 1. The first-order chi connectivity index (χ1) is 8.56. The largest absolute Gasteiger partial charge is 0.389 e. The second-order valence-electron chi connectivity index (χ2n) is 3.64. The van der Waals surface area contributed by atoms with Crippen molar-refractivity contribution in [2.24, 2.45) is 5.73 Å². The minimum absolute atomic E-state index is 0.342. The number of aryl methyl sites for hydroxylation is 1. The van der Waals surface area contributed by atoms with E-state index in [2.05, 4.69) is 31.4 Å². The summed E-state index contributed by atoms with van der Waals surface area (Å²) >= 11 is 8.40. The zero-order valence-corrected chi connectivity index (χ0v) is 12.0. The van der Waals surface area contributed by atoms with Crippen LogP contribution in [0.3, 0.4) is 0 Å². The van der Waals surface area contributed by atoms with E-state index in [1.807, 2.05) is 18.2 Å². The minimum Gasteiger partial charge on any atom is -0.389 e. The summed E-state index contributed by atoms with van der Waals surface area (Å²) in [6.07, 6.45) is 0. The molecule has 0 radical (unpaired) electrons. The van der Waals surface area contributed by atoms with Crippen LogP contribution in [0.15, 0.2) is 27.2 Å². The van der Waals surface area contributed by atoms with Crippen LogP contribution in [0.1, 0.15) is 17.3 Å². The van der Waals surface area contributed by atoms with Gasteiger partial charge in [0.1, 0.15) is 4.99 Å². The summed E-state index contributed by atoms with van der Waals surface area (Å²) in [5.74, 6) is 1.12. The highest BCUT2D eigenvalue weighted by molar-refractivity contribution is 9.10. The van der Waals surface area contributed by atoms with E-state index in [0.29, 0.717) is 23.2 Å². The summed E-state index contributed by atoms with van der Waals surface area (Å²) in [4.78, 5) is 4.45. The zero-order chi connectivity index (χ0) is 13.1. The maximum atomic E-state index is 5.66. The molecule has 1 heterocycles. The summed E-state index contributed by atoms with van der Waals surface area (Å²) in [5, 5.41) is 6.99. The molecule has 0 aliphatic carbocycles. The zero-order valence-electron chi connectivity index (χ0n) is 9.61. The Hall–Kier alpha value is -1.47. The number of thiocarbonyl (C=S) groups is 1. The molecule has 0 atom stereocenters. The molecule has 2 aromatic rings. The highest BCUT2D eigenvalue weighted by Crippen LogP contribution is 2.21. The molecule has 0 saturated carbocycles. The molecule has 7 heteroatoms. The van der Waals surface area contributed by atoms with Crippen LogP contribution in [0.2, 0.25) is 0 Å². The number of nitrogens with two attached hydrogens (primary N) is 1. The topological polar surface area (TPSA) is 77.0 Å². The molecule has 18 heavy (non-hydrogen) atoms. The van der Waals surface area contributed by atoms with E-state index in [-0.39, 0.29) is 0 Å². The van der Waals surface area contributed by atoms with Gasteiger partial charge in [0.25, 0.3) is 0 Å². The molecule has 0 unspecified atom stereocenters. The van der Waals surface area contributed by atoms with Gasteiger partial charge in [0.15, 0.2) is 5.82 Å². The van der Waals surface area contributed by atoms with E-state index in [1.54, 1.807) is 6.92 Å². The summed E-state index contributed by atoms with van der Waals surface area (Å²) in [6.45, 7) is 2.19. The van der Waals surface area contributed by atoms with Crippen LogP contribution >= 0.6 is 28.1 Å². The predicted molar refractivity (Wildman–Crippen MR) is 76.4 cm³/mol. The fraction of sp³-hybridized carbons (Fsp3) is 0.182. The van der Waals surface area contributed by atoms with Crippen molar-refractivity contribution >= 4 is 38.8 Å². The van der Waals surface area contributed by atoms with Crippen LogP contribution in [-0.4, -0.2) is 15.1 Å². The van der Waals surface area contributed by atoms with Crippen molar-refractivity contribution in [3.05, 3.63) is 40.0 Å². The Labute approximate surface area is 118 Å². The molecule has 0 amide bonds. The van der Waals surface area contributed by atoms with Crippen molar-refractivity contribution in [2.45, 2.75) is 13.5 Å². The highest BCUT2D eigenvalue weighted by Gasteiger charge is 2.07. The molecule has 3 N–H and O–H groups in total. The van der Waals surface area contributed by atoms with Crippen LogP contribution in [0, 0.1) is 6.92 Å². The molecule has 1 aromatic carbocycles. The number of benzene rings is 1. The van der Waals surface area contributed by atoms with Crippen LogP contribution in [0.25, 0.3) is 0 Å². The van der Waals surface area contributed by atoms with Gasteiger partial charge in [-0.2, -0.15) is 4.98 Å². The number of aromatic nitrogens is 2. The Kier molecular flexibility index (Phi) is 3.93. The van der Waals surface area contributed by atoms with Gasteiger partial charge in [-0.15, -0.1) is 0 Å². The lowest BCUT2D eigenvalue weighted by Gasteiger charge is -2.10. The van der Waals surface area contributed by atoms with Gasteiger partial charge in [-0.3, -0.25) is 0 Å². The van der Waals surface area contributed by atoms with Crippen molar-refractivity contribution in [1.82, 2.24) is 10.1 Å². The quantitative estimate of drug-likeness (QED) is 0.840. The van der Waals surface area contributed by atoms with E-state index < -0.39 is 0 Å². The Bertz CT molecular complexity index is 584. The normalized spacial score (nSPS) is 10.3. The molecule has 5 nitrogen and oxygen atoms in total. The summed E-state index contributed by atoms with van der Waals surface area (Å²) in [5.41, 5.74) is 7.28. The van der Waals surface area contributed by atoms with E-state index in [9.17, 15) is 0 Å². The van der Waals surface area contributed by atoms with Gasteiger partial charge in [0, 0.05) is 22.6 Å². The highest BCUT2D eigenvalue weighted by atomic mass is 79.9. The molecular weight excluding hydrogens is 316 g/mol. The molecular formula is C11H11BrN4OS.